The molecule has 17 heavy (non-hydrogen) atoms. The summed E-state index contributed by atoms with van der Waals surface area (Å²) >= 11 is 4.91. The molecule has 100 valence electrons. The number of carbonyl (C=O) groups is 1. The summed E-state index contributed by atoms with van der Waals surface area (Å²) in [4.78, 5) is 12.2. The van der Waals surface area contributed by atoms with Gasteiger partial charge in [-0.15, -0.1) is 0 Å². The summed E-state index contributed by atoms with van der Waals surface area (Å²) in [5, 5.41) is 2.96. The first-order chi connectivity index (χ1) is 7.60. The second-order valence-corrected chi connectivity index (χ2v) is 6.29. The second kappa shape index (κ2) is 6.34. The van der Waals surface area contributed by atoms with E-state index in [-0.39, 0.29) is 10.9 Å². The standard InChI is InChI=1S/C13H26N2OS/c1-8(2)10(9(3)4)7-15-12(16)13(5,6)11(14)17/h8-10H,7H2,1-6H3,(H2,14,17)(H,15,16). The van der Waals surface area contributed by atoms with E-state index in [9.17, 15) is 4.79 Å². The van der Waals surface area contributed by atoms with Crippen molar-refractivity contribution in [2.75, 3.05) is 6.54 Å². The Balaban J connectivity index is 4.47. The molecule has 0 aliphatic rings. The number of rotatable bonds is 6. The zero-order valence-electron chi connectivity index (χ0n) is 11.8. The lowest BCUT2D eigenvalue weighted by Crippen LogP contribution is -2.47. The Hall–Kier alpha value is -0.640. The van der Waals surface area contributed by atoms with Crippen LogP contribution < -0.4 is 11.1 Å². The number of amides is 1. The fourth-order valence-corrected chi connectivity index (χ4v) is 1.88. The molecule has 0 radical (unpaired) electrons. The predicted molar refractivity (Wildman–Crippen MR) is 76.7 cm³/mol. The summed E-state index contributed by atoms with van der Waals surface area (Å²) in [5.41, 5.74) is 4.80. The molecule has 0 fully saturated rings. The molecular weight excluding hydrogens is 232 g/mol. The van der Waals surface area contributed by atoms with Crippen LogP contribution in [0.25, 0.3) is 0 Å². The zero-order chi connectivity index (χ0) is 13.8. The van der Waals surface area contributed by atoms with Gasteiger partial charge in [-0.25, -0.2) is 0 Å². The normalized spacial score (nSPS) is 12.3. The maximum Gasteiger partial charge on any atom is 0.232 e. The van der Waals surface area contributed by atoms with Crippen molar-refractivity contribution < 1.29 is 4.79 Å². The fourth-order valence-electron chi connectivity index (χ4n) is 1.78. The molecule has 0 aliphatic heterocycles. The van der Waals surface area contributed by atoms with E-state index in [1.54, 1.807) is 13.8 Å². The van der Waals surface area contributed by atoms with Gasteiger partial charge in [0, 0.05) is 6.54 Å². The van der Waals surface area contributed by atoms with E-state index in [4.69, 9.17) is 18.0 Å². The Bertz CT molecular complexity index is 277. The number of nitrogens with one attached hydrogen (secondary N) is 1. The first-order valence-corrected chi connectivity index (χ1v) is 6.59. The molecule has 4 heteroatoms. The Kier molecular flexibility index (Phi) is 6.10. The molecule has 0 heterocycles. The van der Waals surface area contributed by atoms with E-state index >= 15 is 0 Å². The van der Waals surface area contributed by atoms with Gasteiger partial charge in [0.1, 0.15) is 0 Å². The van der Waals surface area contributed by atoms with Gasteiger partial charge in [0.2, 0.25) is 5.91 Å². The first kappa shape index (κ1) is 16.4. The highest BCUT2D eigenvalue weighted by Crippen LogP contribution is 2.21. The Morgan fingerprint density at radius 3 is 1.94 bits per heavy atom. The van der Waals surface area contributed by atoms with Crippen LogP contribution in [-0.2, 0) is 4.79 Å². The average molecular weight is 258 g/mol. The predicted octanol–water partition coefficient (Wildman–Crippen LogP) is 2.34. The first-order valence-electron chi connectivity index (χ1n) is 6.18. The summed E-state index contributed by atoms with van der Waals surface area (Å²) in [6.07, 6.45) is 0. The second-order valence-electron chi connectivity index (χ2n) is 5.85. The summed E-state index contributed by atoms with van der Waals surface area (Å²) < 4.78 is 0. The third-order valence-electron chi connectivity index (χ3n) is 3.39. The van der Waals surface area contributed by atoms with Crippen molar-refractivity contribution in [3.63, 3.8) is 0 Å². The van der Waals surface area contributed by atoms with E-state index in [0.29, 0.717) is 24.3 Å². The Labute approximate surface area is 111 Å². The van der Waals surface area contributed by atoms with Gasteiger partial charge in [-0.05, 0) is 31.6 Å². The molecule has 3 nitrogen and oxygen atoms in total. The van der Waals surface area contributed by atoms with Gasteiger partial charge < -0.3 is 11.1 Å². The van der Waals surface area contributed by atoms with Crippen molar-refractivity contribution in [3.8, 4) is 0 Å². The van der Waals surface area contributed by atoms with Crippen LogP contribution in [0.5, 0.6) is 0 Å². The van der Waals surface area contributed by atoms with Crippen LogP contribution in [0.1, 0.15) is 41.5 Å². The minimum absolute atomic E-state index is 0.0868. The molecule has 3 N–H and O–H groups in total. The number of hydrogen-bond acceptors (Lipinski definition) is 2. The minimum Gasteiger partial charge on any atom is -0.392 e. The van der Waals surface area contributed by atoms with Crippen LogP contribution in [0.15, 0.2) is 0 Å². The number of hydrogen-bond donors (Lipinski definition) is 2. The number of nitrogens with two attached hydrogens (primary N) is 1. The SMILES string of the molecule is CC(C)C(CNC(=O)C(C)(C)C(N)=S)C(C)C. The van der Waals surface area contributed by atoms with Crippen molar-refractivity contribution in [2.24, 2.45) is 28.9 Å². The Morgan fingerprint density at radius 1 is 1.24 bits per heavy atom. The van der Waals surface area contributed by atoms with Crippen LogP contribution in [0, 0.1) is 23.2 Å². The molecule has 0 aromatic heterocycles. The third kappa shape index (κ3) is 4.62. The molecule has 0 bridgehead atoms. The van der Waals surface area contributed by atoms with Crippen LogP contribution in [0.4, 0.5) is 0 Å². The topological polar surface area (TPSA) is 55.1 Å². The van der Waals surface area contributed by atoms with Gasteiger partial charge >= 0.3 is 0 Å². The molecule has 0 aliphatic carbocycles. The maximum atomic E-state index is 12.0. The molecule has 0 spiro atoms. The largest absolute Gasteiger partial charge is 0.392 e. The van der Waals surface area contributed by atoms with E-state index in [1.165, 1.54) is 0 Å². The molecule has 0 atom stereocenters. The molecule has 0 aromatic carbocycles. The molecule has 0 saturated carbocycles. The lowest BCUT2D eigenvalue weighted by molar-refractivity contribution is -0.126. The van der Waals surface area contributed by atoms with Crippen molar-refractivity contribution in [1.29, 1.82) is 0 Å². The maximum absolute atomic E-state index is 12.0. The smallest absolute Gasteiger partial charge is 0.232 e. The van der Waals surface area contributed by atoms with Gasteiger partial charge in [0.15, 0.2) is 0 Å². The minimum atomic E-state index is -0.770. The molecule has 1 amide bonds. The van der Waals surface area contributed by atoms with Gasteiger partial charge in [-0.1, -0.05) is 39.9 Å². The van der Waals surface area contributed by atoms with Gasteiger partial charge in [0.05, 0.1) is 10.4 Å². The molecular formula is C13H26N2OS. The van der Waals surface area contributed by atoms with Crippen LogP contribution in [0.3, 0.4) is 0 Å². The van der Waals surface area contributed by atoms with E-state index < -0.39 is 5.41 Å². The molecule has 0 rings (SSSR count). The summed E-state index contributed by atoms with van der Waals surface area (Å²) in [7, 11) is 0. The lowest BCUT2D eigenvalue weighted by Gasteiger charge is -2.28. The van der Waals surface area contributed by atoms with Gasteiger partial charge in [0.25, 0.3) is 0 Å². The van der Waals surface area contributed by atoms with Crippen molar-refractivity contribution in [3.05, 3.63) is 0 Å². The fraction of sp³-hybridized carbons (Fsp3) is 0.846. The van der Waals surface area contributed by atoms with E-state index in [2.05, 4.69) is 33.0 Å². The van der Waals surface area contributed by atoms with Crippen molar-refractivity contribution >= 4 is 23.1 Å². The highest BCUT2D eigenvalue weighted by Gasteiger charge is 2.31. The zero-order valence-corrected chi connectivity index (χ0v) is 12.6. The van der Waals surface area contributed by atoms with Crippen LogP contribution in [0.2, 0.25) is 0 Å². The van der Waals surface area contributed by atoms with Gasteiger partial charge in [-0.3, -0.25) is 4.79 Å². The molecule has 0 aromatic rings. The summed E-state index contributed by atoms with van der Waals surface area (Å²) in [5.74, 6) is 1.48. The monoisotopic (exact) mass is 258 g/mol. The highest BCUT2D eigenvalue weighted by molar-refractivity contribution is 7.80. The molecule has 0 unspecified atom stereocenters. The summed E-state index contributed by atoms with van der Waals surface area (Å²) in [6, 6.07) is 0. The molecule has 0 saturated heterocycles. The van der Waals surface area contributed by atoms with Crippen molar-refractivity contribution in [1.82, 2.24) is 5.32 Å². The van der Waals surface area contributed by atoms with E-state index in [0.717, 1.165) is 0 Å². The van der Waals surface area contributed by atoms with Crippen molar-refractivity contribution in [2.45, 2.75) is 41.5 Å². The average Bonchev–Trinajstić information content (AvgIpc) is 2.15. The summed E-state index contributed by atoms with van der Waals surface area (Å²) in [6.45, 7) is 12.9. The third-order valence-corrected chi connectivity index (χ3v) is 3.90. The lowest BCUT2D eigenvalue weighted by atomic mass is 9.85. The van der Waals surface area contributed by atoms with Crippen LogP contribution in [-0.4, -0.2) is 17.4 Å². The quantitative estimate of drug-likeness (QED) is 0.719. The van der Waals surface area contributed by atoms with Gasteiger partial charge in [-0.2, -0.15) is 0 Å². The Morgan fingerprint density at radius 2 is 1.65 bits per heavy atom. The number of carbonyl (C=O) groups excluding carboxylic acids is 1. The van der Waals surface area contributed by atoms with Crippen LogP contribution >= 0.6 is 12.2 Å². The highest BCUT2D eigenvalue weighted by atomic mass is 32.1. The number of thiocarbonyl (C=S) groups is 1. The van der Waals surface area contributed by atoms with E-state index in [1.807, 2.05) is 0 Å².